The van der Waals surface area contributed by atoms with Gasteiger partial charge in [0.15, 0.2) is 0 Å². The zero-order valence-corrected chi connectivity index (χ0v) is 11.5. The van der Waals surface area contributed by atoms with E-state index in [4.69, 9.17) is 11.6 Å². The van der Waals surface area contributed by atoms with Gasteiger partial charge in [-0.1, -0.05) is 29.8 Å². The first kappa shape index (κ1) is 13.3. The molecule has 21 heavy (non-hydrogen) atoms. The highest BCUT2D eigenvalue weighted by Gasteiger charge is 2.13. The molecule has 1 N–H and O–H groups in total. The predicted octanol–water partition coefficient (Wildman–Crippen LogP) is 2.57. The molecule has 0 saturated carbocycles. The van der Waals surface area contributed by atoms with Gasteiger partial charge in [0.05, 0.1) is 11.3 Å². The highest BCUT2D eigenvalue weighted by Crippen LogP contribution is 2.18. The third-order valence-corrected chi connectivity index (χ3v) is 3.06. The summed E-state index contributed by atoms with van der Waals surface area (Å²) in [4.78, 5) is 12.4. The number of para-hydroxylation sites is 1. The van der Waals surface area contributed by atoms with Gasteiger partial charge >= 0.3 is 0 Å². The number of nitrogens with zero attached hydrogens (tertiary/aromatic N) is 4. The van der Waals surface area contributed by atoms with Crippen LogP contribution in [0.1, 0.15) is 10.4 Å². The van der Waals surface area contributed by atoms with Crippen LogP contribution >= 0.6 is 11.6 Å². The van der Waals surface area contributed by atoms with Crippen LogP contribution in [-0.2, 0) is 0 Å². The third kappa shape index (κ3) is 2.90. The van der Waals surface area contributed by atoms with E-state index in [1.54, 1.807) is 42.5 Å². The van der Waals surface area contributed by atoms with Crippen LogP contribution < -0.4 is 5.32 Å². The number of rotatable bonds is 3. The van der Waals surface area contributed by atoms with Crippen molar-refractivity contribution >= 4 is 23.2 Å². The molecular weight excluding hydrogens is 290 g/mol. The summed E-state index contributed by atoms with van der Waals surface area (Å²) < 4.78 is 1.44. The minimum atomic E-state index is -0.261. The van der Waals surface area contributed by atoms with Gasteiger partial charge in [-0.25, -0.2) is 0 Å². The number of anilines is 1. The van der Waals surface area contributed by atoms with Crippen LogP contribution in [-0.4, -0.2) is 26.1 Å². The zero-order valence-electron chi connectivity index (χ0n) is 10.8. The molecule has 1 aromatic heterocycles. The van der Waals surface area contributed by atoms with Crippen LogP contribution in [0.5, 0.6) is 0 Å². The Kier molecular flexibility index (Phi) is 3.61. The summed E-state index contributed by atoms with van der Waals surface area (Å²) in [6.07, 6.45) is 1.44. The second kappa shape index (κ2) is 5.72. The quantitative estimate of drug-likeness (QED) is 0.806. The molecule has 3 aromatic rings. The second-order valence-corrected chi connectivity index (χ2v) is 4.67. The number of hydrogen-bond donors (Lipinski definition) is 1. The number of nitrogens with one attached hydrogen (secondary N) is 1. The summed E-state index contributed by atoms with van der Waals surface area (Å²) in [6, 6.07) is 14.0. The van der Waals surface area contributed by atoms with Crippen LogP contribution in [0.2, 0.25) is 5.02 Å². The molecule has 0 saturated heterocycles. The topological polar surface area (TPSA) is 72.7 Å². The van der Waals surface area contributed by atoms with Gasteiger partial charge in [0.1, 0.15) is 6.33 Å². The number of carbonyl (C=O) groups excluding carboxylic acids is 1. The number of amides is 1. The fourth-order valence-electron chi connectivity index (χ4n) is 1.90. The Balaban J connectivity index is 1.92. The summed E-state index contributed by atoms with van der Waals surface area (Å²) >= 11 is 5.90. The smallest absolute Gasteiger partial charge is 0.257 e. The minimum Gasteiger partial charge on any atom is -0.322 e. The Morgan fingerprint density at radius 2 is 2.00 bits per heavy atom. The van der Waals surface area contributed by atoms with Crippen LogP contribution in [0.4, 0.5) is 5.69 Å². The maximum atomic E-state index is 12.4. The van der Waals surface area contributed by atoms with Crippen molar-refractivity contribution in [2.24, 2.45) is 0 Å². The molecule has 0 spiro atoms. The molecule has 6 nitrogen and oxygen atoms in total. The van der Waals surface area contributed by atoms with E-state index < -0.39 is 0 Å². The fraction of sp³-hybridized carbons (Fsp3) is 0. The monoisotopic (exact) mass is 299 g/mol. The average molecular weight is 300 g/mol. The number of carbonyl (C=O) groups is 1. The molecular formula is C14H10ClN5O. The average Bonchev–Trinajstić information content (AvgIpc) is 3.01. The standard InChI is InChI=1S/C14H10ClN5O/c15-10-4-3-5-11(8-10)17-14(21)12-6-1-2-7-13(12)20-9-16-18-19-20/h1-9H,(H,17,21). The molecule has 104 valence electrons. The fourth-order valence-corrected chi connectivity index (χ4v) is 2.09. The van der Waals surface area contributed by atoms with E-state index in [0.717, 1.165) is 0 Å². The molecule has 0 aliphatic carbocycles. The van der Waals surface area contributed by atoms with Crippen molar-refractivity contribution in [3.05, 3.63) is 65.4 Å². The van der Waals surface area contributed by atoms with E-state index in [1.807, 2.05) is 6.07 Å². The lowest BCUT2D eigenvalue weighted by atomic mass is 10.1. The number of tetrazole rings is 1. The lowest BCUT2D eigenvalue weighted by Gasteiger charge is -2.09. The van der Waals surface area contributed by atoms with E-state index in [0.29, 0.717) is 22.0 Å². The van der Waals surface area contributed by atoms with Gasteiger partial charge in [-0.15, -0.1) is 5.10 Å². The Labute approximate surface area is 125 Å². The summed E-state index contributed by atoms with van der Waals surface area (Å²) in [5.74, 6) is -0.261. The van der Waals surface area contributed by atoms with Crippen molar-refractivity contribution in [2.45, 2.75) is 0 Å². The molecule has 1 heterocycles. The third-order valence-electron chi connectivity index (χ3n) is 2.83. The number of aromatic nitrogens is 4. The van der Waals surface area contributed by atoms with Gasteiger partial charge in [-0.05, 0) is 40.8 Å². The lowest BCUT2D eigenvalue weighted by Crippen LogP contribution is -2.15. The van der Waals surface area contributed by atoms with Crippen molar-refractivity contribution in [1.29, 1.82) is 0 Å². The van der Waals surface area contributed by atoms with Crippen LogP contribution in [0, 0.1) is 0 Å². The van der Waals surface area contributed by atoms with Gasteiger partial charge in [0, 0.05) is 10.7 Å². The molecule has 2 aromatic carbocycles. The van der Waals surface area contributed by atoms with E-state index in [1.165, 1.54) is 11.0 Å². The lowest BCUT2D eigenvalue weighted by molar-refractivity contribution is 0.102. The van der Waals surface area contributed by atoms with E-state index in [2.05, 4.69) is 20.8 Å². The largest absolute Gasteiger partial charge is 0.322 e. The molecule has 0 aliphatic heterocycles. The van der Waals surface area contributed by atoms with Crippen molar-refractivity contribution in [3.8, 4) is 5.69 Å². The van der Waals surface area contributed by atoms with Gasteiger partial charge in [0.25, 0.3) is 5.91 Å². The molecule has 0 aliphatic rings. The van der Waals surface area contributed by atoms with Gasteiger partial charge in [-0.3, -0.25) is 4.79 Å². The molecule has 0 bridgehead atoms. The van der Waals surface area contributed by atoms with Crippen molar-refractivity contribution < 1.29 is 4.79 Å². The Hall–Kier alpha value is -2.73. The van der Waals surface area contributed by atoms with Crippen molar-refractivity contribution in [1.82, 2.24) is 20.2 Å². The summed E-state index contributed by atoms with van der Waals surface area (Å²) in [7, 11) is 0. The number of halogens is 1. The first-order valence-corrected chi connectivity index (χ1v) is 6.51. The molecule has 0 atom stereocenters. The maximum absolute atomic E-state index is 12.4. The number of benzene rings is 2. The zero-order chi connectivity index (χ0) is 14.7. The van der Waals surface area contributed by atoms with Gasteiger partial charge < -0.3 is 5.32 Å². The summed E-state index contributed by atoms with van der Waals surface area (Å²) in [5, 5.41) is 14.3. The highest BCUT2D eigenvalue weighted by atomic mass is 35.5. The van der Waals surface area contributed by atoms with Gasteiger partial charge in [0.2, 0.25) is 0 Å². The molecule has 0 unspecified atom stereocenters. The minimum absolute atomic E-state index is 0.261. The van der Waals surface area contributed by atoms with Crippen LogP contribution in [0.25, 0.3) is 5.69 Å². The summed E-state index contributed by atoms with van der Waals surface area (Å²) in [6.45, 7) is 0. The van der Waals surface area contributed by atoms with E-state index in [9.17, 15) is 4.79 Å². The normalized spacial score (nSPS) is 10.3. The van der Waals surface area contributed by atoms with Gasteiger partial charge in [-0.2, -0.15) is 4.68 Å². The van der Waals surface area contributed by atoms with Crippen LogP contribution in [0.15, 0.2) is 54.9 Å². The first-order chi connectivity index (χ1) is 10.2. The molecule has 1 amide bonds. The molecule has 3 rings (SSSR count). The molecule has 7 heteroatoms. The predicted molar refractivity (Wildman–Crippen MR) is 78.6 cm³/mol. The Bertz CT molecular complexity index is 773. The first-order valence-electron chi connectivity index (χ1n) is 6.13. The maximum Gasteiger partial charge on any atom is 0.257 e. The molecule has 0 radical (unpaired) electrons. The number of hydrogen-bond acceptors (Lipinski definition) is 4. The van der Waals surface area contributed by atoms with E-state index in [-0.39, 0.29) is 5.91 Å². The van der Waals surface area contributed by atoms with Crippen molar-refractivity contribution in [3.63, 3.8) is 0 Å². The van der Waals surface area contributed by atoms with Crippen LogP contribution in [0.3, 0.4) is 0 Å². The van der Waals surface area contributed by atoms with E-state index >= 15 is 0 Å². The summed E-state index contributed by atoms with van der Waals surface area (Å²) in [5.41, 5.74) is 1.69. The second-order valence-electron chi connectivity index (χ2n) is 4.24. The SMILES string of the molecule is O=C(Nc1cccc(Cl)c1)c1ccccc1-n1cnnn1. The highest BCUT2D eigenvalue weighted by molar-refractivity contribution is 6.31. The molecule has 0 fully saturated rings. The Morgan fingerprint density at radius 1 is 1.14 bits per heavy atom. The Morgan fingerprint density at radius 3 is 2.76 bits per heavy atom. The van der Waals surface area contributed by atoms with Crippen molar-refractivity contribution in [2.75, 3.05) is 5.32 Å².